The fraction of sp³-hybridized carbons (Fsp3) is 0.600. The Bertz CT molecular complexity index is 375. The zero-order chi connectivity index (χ0) is 13.7. The quantitative estimate of drug-likeness (QED) is 0.840. The summed E-state index contributed by atoms with van der Waals surface area (Å²) in [6.45, 7) is 5.34. The van der Waals surface area contributed by atoms with Crippen LogP contribution >= 0.6 is 0 Å². The highest BCUT2D eigenvalue weighted by Crippen LogP contribution is 2.31. The molecule has 0 amide bonds. The normalized spacial score (nSPS) is 13.1. The van der Waals surface area contributed by atoms with E-state index in [0.717, 1.165) is 12.3 Å². The first kappa shape index (κ1) is 15.0. The summed E-state index contributed by atoms with van der Waals surface area (Å²) in [4.78, 5) is 2.22. The number of ether oxygens (including phenoxy) is 1. The Kier molecular flexibility index (Phi) is 5.63. The minimum Gasteiger partial charge on any atom is -0.496 e. The second-order valence-corrected chi connectivity index (χ2v) is 5.19. The maximum Gasteiger partial charge on any atom is 0.123 e. The zero-order valence-corrected chi connectivity index (χ0v) is 12.4. The lowest BCUT2D eigenvalue weighted by Crippen LogP contribution is -2.29. The highest BCUT2D eigenvalue weighted by atomic mass is 16.5. The topological polar surface area (TPSA) is 24.5 Å². The van der Waals surface area contributed by atoms with E-state index in [1.165, 1.54) is 11.1 Å². The van der Waals surface area contributed by atoms with Crippen LogP contribution in [-0.4, -0.2) is 39.7 Å². The third kappa shape index (κ3) is 3.47. The van der Waals surface area contributed by atoms with Gasteiger partial charge in [0, 0.05) is 12.1 Å². The molecule has 1 aromatic carbocycles. The van der Waals surface area contributed by atoms with Gasteiger partial charge < -0.3 is 15.0 Å². The summed E-state index contributed by atoms with van der Waals surface area (Å²) in [5.74, 6) is 1.50. The minimum atomic E-state index is 0.323. The van der Waals surface area contributed by atoms with Crippen LogP contribution in [0.5, 0.6) is 5.75 Å². The van der Waals surface area contributed by atoms with E-state index in [0.29, 0.717) is 12.0 Å². The maximum absolute atomic E-state index is 5.50. The Morgan fingerprint density at radius 2 is 1.94 bits per heavy atom. The van der Waals surface area contributed by atoms with Gasteiger partial charge in [-0.1, -0.05) is 26.0 Å². The van der Waals surface area contributed by atoms with Gasteiger partial charge in [0.15, 0.2) is 0 Å². The van der Waals surface area contributed by atoms with Crippen molar-refractivity contribution < 1.29 is 4.74 Å². The fourth-order valence-electron chi connectivity index (χ4n) is 2.14. The molecule has 0 fully saturated rings. The standard InChI is InChI=1S/C15H26N2O/c1-11(2)12-7-8-15(18-6)13(9-12)14(10-16-3)17(4)5/h7-9,11,14,16H,10H2,1-6H3. The summed E-state index contributed by atoms with van der Waals surface area (Å²) in [7, 11) is 7.92. The molecule has 3 nitrogen and oxygen atoms in total. The number of likely N-dealkylation sites (N-methyl/N-ethyl adjacent to an activating group) is 2. The Morgan fingerprint density at radius 3 is 2.39 bits per heavy atom. The van der Waals surface area contributed by atoms with E-state index in [9.17, 15) is 0 Å². The van der Waals surface area contributed by atoms with Gasteiger partial charge in [-0.25, -0.2) is 0 Å². The molecule has 0 aliphatic rings. The van der Waals surface area contributed by atoms with Gasteiger partial charge in [-0.3, -0.25) is 0 Å². The number of methoxy groups -OCH3 is 1. The fourth-order valence-corrected chi connectivity index (χ4v) is 2.14. The highest BCUT2D eigenvalue weighted by molar-refractivity contribution is 5.40. The average Bonchev–Trinajstić information content (AvgIpc) is 2.34. The van der Waals surface area contributed by atoms with Crippen LogP contribution in [0.15, 0.2) is 18.2 Å². The zero-order valence-electron chi connectivity index (χ0n) is 12.4. The van der Waals surface area contributed by atoms with Gasteiger partial charge in [0.25, 0.3) is 0 Å². The molecule has 102 valence electrons. The van der Waals surface area contributed by atoms with Crippen molar-refractivity contribution in [2.75, 3.05) is 34.8 Å². The first-order valence-corrected chi connectivity index (χ1v) is 6.50. The van der Waals surface area contributed by atoms with E-state index in [-0.39, 0.29) is 0 Å². The van der Waals surface area contributed by atoms with Crippen LogP contribution in [0.2, 0.25) is 0 Å². The monoisotopic (exact) mass is 250 g/mol. The van der Waals surface area contributed by atoms with Crippen molar-refractivity contribution in [2.45, 2.75) is 25.8 Å². The number of hydrogen-bond donors (Lipinski definition) is 1. The molecule has 0 heterocycles. The molecule has 0 aliphatic carbocycles. The molecule has 1 atom stereocenters. The number of rotatable bonds is 6. The van der Waals surface area contributed by atoms with Crippen molar-refractivity contribution in [1.82, 2.24) is 10.2 Å². The minimum absolute atomic E-state index is 0.323. The Hall–Kier alpha value is -1.06. The molecule has 0 saturated heterocycles. The first-order chi connectivity index (χ1) is 8.51. The summed E-state index contributed by atoms with van der Waals surface area (Å²) in [6.07, 6.45) is 0. The molecule has 1 N–H and O–H groups in total. The molecular formula is C15H26N2O. The van der Waals surface area contributed by atoms with Crippen molar-refractivity contribution in [3.63, 3.8) is 0 Å². The summed E-state index contributed by atoms with van der Waals surface area (Å²) < 4.78 is 5.50. The molecule has 0 spiro atoms. The smallest absolute Gasteiger partial charge is 0.123 e. The molecule has 18 heavy (non-hydrogen) atoms. The Labute approximate surface area is 111 Å². The number of benzene rings is 1. The van der Waals surface area contributed by atoms with Crippen LogP contribution < -0.4 is 10.1 Å². The lowest BCUT2D eigenvalue weighted by molar-refractivity contribution is 0.283. The van der Waals surface area contributed by atoms with Gasteiger partial charge in [-0.2, -0.15) is 0 Å². The summed E-state index contributed by atoms with van der Waals surface area (Å²) >= 11 is 0. The predicted octanol–water partition coefficient (Wildman–Crippen LogP) is 2.64. The predicted molar refractivity (Wildman–Crippen MR) is 77.4 cm³/mol. The molecule has 0 aromatic heterocycles. The molecule has 0 saturated carbocycles. The number of nitrogens with one attached hydrogen (secondary N) is 1. The lowest BCUT2D eigenvalue weighted by atomic mass is 9.96. The van der Waals surface area contributed by atoms with Gasteiger partial charge in [-0.05, 0) is 38.7 Å². The van der Waals surface area contributed by atoms with E-state index in [4.69, 9.17) is 4.74 Å². The van der Waals surface area contributed by atoms with Crippen molar-refractivity contribution in [1.29, 1.82) is 0 Å². The Balaban J connectivity index is 3.19. The van der Waals surface area contributed by atoms with Gasteiger partial charge in [-0.15, -0.1) is 0 Å². The van der Waals surface area contributed by atoms with Crippen LogP contribution in [0.1, 0.15) is 36.9 Å². The second-order valence-electron chi connectivity index (χ2n) is 5.19. The van der Waals surface area contributed by atoms with E-state index in [2.05, 4.69) is 56.4 Å². The first-order valence-electron chi connectivity index (χ1n) is 6.50. The van der Waals surface area contributed by atoms with Crippen molar-refractivity contribution >= 4 is 0 Å². The third-order valence-corrected chi connectivity index (χ3v) is 3.30. The van der Waals surface area contributed by atoms with Crippen LogP contribution in [0.3, 0.4) is 0 Å². The van der Waals surface area contributed by atoms with Crippen molar-refractivity contribution in [3.8, 4) is 5.75 Å². The Morgan fingerprint density at radius 1 is 1.28 bits per heavy atom. The molecular weight excluding hydrogens is 224 g/mol. The van der Waals surface area contributed by atoms with E-state index < -0.39 is 0 Å². The van der Waals surface area contributed by atoms with Gasteiger partial charge in [0.2, 0.25) is 0 Å². The highest BCUT2D eigenvalue weighted by Gasteiger charge is 2.18. The number of hydrogen-bond acceptors (Lipinski definition) is 3. The SMILES string of the molecule is CNCC(c1cc(C(C)C)ccc1OC)N(C)C. The van der Waals surface area contributed by atoms with Crippen LogP contribution in [-0.2, 0) is 0 Å². The van der Waals surface area contributed by atoms with Crippen LogP contribution in [0, 0.1) is 0 Å². The lowest BCUT2D eigenvalue weighted by Gasteiger charge is -2.27. The summed E-state index contributed by atoms with van der Waals surface area (Å²) in [6, 6.07) is 6.82. The molecule has 3 heteroatoms. The molecule has 0 radical (unpaired) electrons. The van der Waals surface area contributed by atoms with Crippen molar-refractivity contribution in [2.24, 2.45) is 0 Å². The molecule has 1 unspecified atom stereocenters. The number of nitrogens with zero attached hydrogens (tertiary/aromatic N) is 1. The third-order valence-electron chi connectivity index (χ3n) is 3.30. The largest absolute Gasteiger partial charge is 0.496 e. The van der Waals surface area contributed by atoms with Crippen molar-refractivity contribution in [3.05, 3.63) is 29.3 Å². The van der Waals surface area contributed by atoms with Gasteiger partial charge in [0.05, 0.1) is 13.2 Å². The molecule has 0 aliphatic heterocycles. The van der Waals surface area contributed by atoms with Crippen LogP contribution in [0.4, 0.5) is 0 Å². The van der Waals surface area contributed by atoms with E-state index in [1.54, 1.807) is 7.11 Å². The molecule has 1 rings (SSSR count). The summed E-state index contributed by atoms with van der Waals surface area (Å²) in [5, 5.41) is 3.25. The average molecular weight is 250 g/mol. The van der Waals surface area contributed by atoms with Crippen LogP contribution in [0.25, 0.3) is 0 Å². The summed E-state index contributed by atoms with van der Waals surface area (Å²) in [5.41, 5.74) is 2.61. The van der Waals surface area contributed by atoms with E-state index in [1.807, 2.05) is 7.05 Å². The second kappa shape index (κ2) is 6.76. The maximum atomic E-state index is 5.50. The molecule has 1 aromatic rings. The molecule has 0 bridgehead atoms. The van der Waals surface area contributed by atoms with Gasteiger partial charge in [0.1, 0.15) is 5.75 Å². The van der Waals surface area contributed by atoms with Gasteiger partial charge >= 0.3 is 0 Å². The van der Waals surface area contributed by atoms with E-state index >= 15 is 0 Å².